The molecule has 3 aromatic rings. The van der Waals surface area contributed by atoms with Gasteiger partial charge in [-0.3, -0.25) is 4.90 Å². The van der Waals surface area contributed by atoms with Crippen LogP contribution in [0.5, 0.6) is 0 Å². The standard InChI is InChI=1S/C22H26FN5O/c23-17-5-1-4-16(14-17)20-15-21-25-19-7-2-6-18(19)22(28(21)26-20)24-8-3-9-27-10-12-29-13-11-27/h1,4-5,14-15,24H,2-3,6-13H2. The van der Waals surface area contributed by atoms with Gasteiger partial charge in [-0.05, 0) is 44.4 Å². The number of anilines is 1. The molecular formula is C22H26FN5O. The number of nitrogens with zero attached hydrogens (tertiary/aromatic N) is 4. The minimum absolute atomic E-state index is 0.253. The second-order valence-electron chi connectivity index (χ2n) is 7.78. The Kier molecular flexibility index (Phi) is 5.16. The van der Waals surface area contributed by atoms with Crippen LogP contribution in [0.3, 0.4) is 0 Å². The lowest BCUT2D eigenvalue weighted by molar-refractivity contribution is 0.0378. The number of ether oxygens (including phenoxy) is 1. The molecule has 0 bridgehead atoms. The van der Waals surface area contributed by atoms with E-state index in [1.165, 1.54) is 23.4 Å². The fourth-order valence-electron chi connectivity index (χ4n) is 4.29. The molecule has 6 nitrogen and oxygen atoms in total. The van der Waals surface area contributed by atoms with Crippen LogP contribution in [-0.4, -0.2) is 58.9 Å². The van der Waals surface area contributed by atoms with Crippen molar-refractivity contribution in [3.8, 4) is 11.3 Å². The molecule has 0 radical (unpaired) electrons. The van der Waals surface area contributed by atoms with E-state index in [1.807, 2.05) is 16.6 Å². The highest BCUT2D eigenvalue weighted by Gasteiger charge is 2.21. The van der Waals surface area contributed by atoms with E-state index in [0.717, 1.165) is 87.8 Å². The van der Waals surface area contributed by atoms with Crippen molar-refractivity contribution in [3.63, 3.8) is 0 Å². The topological polar surface area (TPSA) is 54.7 Å². The van der Waals surface area contributed by atoms with Crippen molar-refractivity contribution in [2.24, 2.45) is 0 Å². The van der Waals surface area contributed by atoms with Crippen molar-refractivity contribution in [2.75, 3.05) is 44.7 Å². The van der Waals surface area contributed by atoms with Gasteiger partial charge in [0.25, 0.3) is 0 Å². The number of aryl methyl sites for hydroxylation is 1. The van der Waals surface area contributed by atoms with Crippen LogP contribution in [0.2, 0.25) is 0 Å². The lowest BCUT2D eigenvalue weighted by Gasteiger charge is -2.26. The summed E-state index contributed by atoms with van der Waals surface area (Å²) in [5, 5.41) is 8.40. The van der Waals surface area contributed by atoms with Crippen molar-refractivity contribution < 1.29 is 9.13 Å². The number of fused-ring (bicyclic) bond motifs is 2. The second-order valence-corrected chi connectivity index (χ2v) is 7.78. The lowest BCUT2D eigenvalue weighted by atomic mass is 10.1. The number of nitrogens with one attached hydrogen (secondary N) is 1. The van der Waals surface area contributed by atoms with Gasteiger partial charge in [0.05, 0.1) is 18.9 Å². The Morgan fingerprint density at radius 2 is 2.03 bits per heavy atom. The molecule has 1 fully saturated rings. The Bertz CT molecular complexity index is 1010. The van der Waals surface area contributed by atoms with Crippen LogP contribution in [0.4, 0.5) is 10.2 Å². The molecule has 1 aromatic carbocycles. The summed E-state index contributed by atoms with van der Waals surface area (Å²) in [6.45, 7) is 5.67. The van der Waals surface area contributed by atoms with Crippen LogP contribution in [0.15, 0.2) is 30.3 Å². The van der Waals surface area contributed by atoms with E-state index in [2.05, 4.69) is 10.2 Å². The van der Waals surface area contributed by atoms with E-state index in [9.17, 15) is 4.39 Å². The van der Waals surface area contributed by atoms with E-state index >= 15 is 0 Å². The zero-order chi connectivity index (χ0) is 19.6. The van der Waals surface area contributed by atoms with Crippen molar-refractivity contribution in [1.82, 2.24) is 19.5 Å². The largest absolute Gasteiger partial charge is 0.379 e. The summed E-state index contributed by atoms with van der Waals surface area (Å²) in [5.74, 6) is 0.795. The average Bonchev–Trinajstić information content (AvgIpc) is 3.38. The summed E-state index contributed by atoms with van der Waals surface area (Å²) in [6, 6.07) is 8.52. The SMILES string of the molecule is Fc1cccc(-c2cc3nc4c(c(NCCCN5CCOCC5)n3n2)CCC4)c1. The molecule has 152 valence electrons. The number of rotatable bonds is 6. The van der Waals surface area contributed by atoms with Gasteiger partial charge >= 0.3 is 0 Å². The Morgan fingerprint density at radius 3 is 2.90 bits per heavy atom. The summed E-state index contributed by atoms with van der Waals surface area (Å²) in [5.41, 5.74) is 4.78. The highest BCUT2D eigenvalue weighted by molar-refractivity contribution is 5.67. The predicted molar refractivity (Wildman–Crippen MR) is 111 cm³/mol. The fourth-order valence-corrected chi connectivity index (χ4v) is 4.29. The number of morpholine rings is 1. The van der Waals surface area contributed by atoms with Crippen LogP contribution in [0.1, 0.15) is 24.1 Å². The highest BCUT2D eigenvalue weighted by Crippen LogP contribution is 2.30. The van der Waals surface area contributed by atoms with Gasteiger partial charge in [-0.25, -0.2) is 9.37 Å². The summed E-state index contributed by atoms with van der Waals surface area (Å²) in [6.07, 6.45) is 4.24. The smallest absolute Gasteiger partial charge is 0.158 e. The average molecular weight is 395 g/mol. The molecule has 29 heavy (non-hydrogen) atoms. The fraction of sp³-hybridized carbons (Fsp3) is 0.455. The molecule has 0 atom stereocenters. The third-order valence-electron chi connectivity index (χ3n) is 5.79. The molecule has 2 aromatic heterocycles. The monoisotopic (exact) mass is 395 g/mol. The number of hydrogen-bond acceptors (Lipinski definition) is 5. The summed E-state index contributed by atoms with van der Waals surface area (Å²) in [4.78, 5) is 7.28. The van der Waals surface area contributed by atoms with Crippen molar-refractivity contribution in [2.45, 2.75) is 25.7 Å². The maximum absolute atomic E-state index is 13.7. The molecule has 3 heterocycles. The van der Waals surface area contributed by atoms with Gasteiger partial charge in [0.2, 0.25) is 0 Å². The number of hydrogen-bond donors (Lipinski definition) is 1. The molecule has 1 aliphatic carbocycles. The minimum atomic E-state index is -0.253. The molecule has 0 saturated carbocycles. The van der Waals surface area contributed by atoms with Crippen LogP contribution >= 0.6 is 0 Å². The normalized spacial score (nSPS) is 17.0. The first-order chi connectivity index (χ1) is 14.3. The summed E-state index contributed by atoms with van der Waals surface area (Å²) < 4.78 is 21.0. The maximum Gasteiger partial charge on any atom is 0.158 e. The first-order valence-corrected chi connectivity index (χ1v) is 10.5. The molecule has 2 aliphatic rings. The van der Waals surface area contributed by atoms with Crippen molar-refractivity contribution >= 4 is 11.5 Å². The number of aromatic nitrogens is 3. The number of halogens is 1. The molecule has 7 heteroatoms. The van der Waals surface area contributed by atoms with E-state index in [1.54, 1.807) is 6.07 Å². The van der Waals surface area contributed by atoms with Crippen molar-refractivity contribution in [3.05, 3.63) is 47.4 Å². The van der Waals surface area contributed by atoms with Gasteiger partial charge < -0.3 is 10.1 Å². The first kappa shape index (κ1) is 18.5. The molecule has 0 spiro atoms. The van der Waals surface area contributed by atoms with E-state index in [-0.39, 0.29) is 5.82 Å². The molecular weight excluding hydrogens is 369 g/mol. The quantitative estimate of drug-likeness (QED) is 0.650. The Morgan fingerprint density at radius 1 is 1.14 bits per heavy atom. The Hall–Kier alpha value is -2.51. The van der Waals surface area contributed by atoms with Crippen molar-refractivity contribution in [1.29, 1.82) is 0 Å². The molecule has 5 rings (SSSR count). The Labute approximate surface area is 169 Å². The Balaban J connectivity index is 1.39. The van der Waals surface area contributed by atoms with Crippen LogP contribution in [-0.2, 0) is 17.6 Å². The van der Waals surface area contributed by atoms with Gasteiger partial charge in [0.1, 0.15) is 11.6 Å². The zero-order valence-electron chi connectivity index (χ0n) is 16.5. The van der Waals surface area contributed by atoms with Gasteiger partial charge in [-0.15, -0.1) is 0 Å². The zero-order valence-corrected chi connectivity index (χ0v) is 16.5. The molecule has 0 unspecified atom stereocenters. The predicted octanol–water partition coefficient (Wildman–Crippen LogP) is 3.16. The van der Waals surface area contributed by atoms with Gasteiger partial charge in [0, 0.05) is 42.5 Å². The molecule has 1 N–H and O–H groups in total. The third-order valence-corrected chi connectivity index (χ3v) is 5.79. The van der Waals surface area contributed by atoms with Gasteiger partial charge in [-0.1, -0.05) is 12.1 Å². The molecule has 1 saturated heterocycles. The lowest BCUT2D eigenvalue weighted by Crippen LogP contribution is -2.37. The van der Waals surface area contributed by atoms with E-state index in [4.69, 9.17) is 14.8 Å². The first-order valence-electron chi connectivity index (χ1n) is 10.5. The van der Waals surface area contributed by atoms with Gasteiger partial charge in [-0.2, -0.15) is 9.61 Å². The van der Waals surface area contributed by atoms with Crippen LogP contribution < -0.4 is 5.32 Å². The summed E-state index contributed by atoms with van der Waals surface area (Å²) >= 11 is 0. The van der Waals surface area contributed by atoms with E-state index < -0.39 is 0 Å². The van der Waals surface area contributed by atoms with Crippen LogP contribution in [0.25, 0.3) is 16.9 Å². The second kappa shape index (κ2) is 8.08. The van der Waals surface area contributed by atoms with Gasteiger partial charge in [0.15, 0.2) is 5.65 Å². The van der Waals surface area contributed by atoms with Crippen LogP contribution in [0, 0.1) is 5.82 Å². The highest BCUT2D eigenvalue weighted by atomic mass is 19.1. The minimum Gasteiger partial charge on any atom is -0.379 e. The summed E-state index contributed by atoms with van der Waals surface area (Å²) in [7, 11) is 0. The maximum atomic E-state index is 13.7. The molecule has 0 amide bonds. The van der Waals surface area contributed by atoms with E-state index in [0.29, 0.717) is 0 Å². The molecule has 1 aliphatic heterocycles. The third kappa shape index (κ3) is 3.84. The number of benzene rings is 1.